The summed E-state index contributed by atoms with van der Waals surface area (Å²) in [6.45, 7) is 3.42. The molecule has 1 aromatic rings. The Hall–Kier alpha value is -1.39. The number of nitrogens with zero attached hydrogens (tertiary/aromatic N) is 3. The highest BCUT2D eigenvalue weighted by Crippen LogP contribution is 2.46. The lowest BCUT2D eigenvalue weighted by Crippen LogP contribution is -2.41. The highest BCUT2D eigenvalue weighted by molar-refractivity contribution is 5.78. The largest absolute Gasteiger partial charge is 0.342 e. The number of likely N-dealkylation sites (N-methyl/N-ethyl adjacent to an activating group) is 2. The van der Waals surface area contributed by atoms with Crippen LogP contribution in [0.15, 0.2) is 24.3 Å². The Kier molecular flexibility index (Phi) is 6.03. The summed E-state index contributed by atoms with van der Waals surface area (Å²) in [7, 11) is 8.44. The highest BCUT2D eigenvalue weighted by atomic mass is 16.2. The van der Waals surface area contributed by atoms with Gasteiger partial charge < -0.3 is 9.80 Å². The molecule has 4 atom stereocenters. The number of aryl methyl sites for hydroxylation is 1. The van der Waals surface area contributed by atoms with Crippen molar-refractivity contribution < 1.29 is 4.79 Å². The lowest BCUT2D eigenvalue weighted by molar-refractivity contribution is -0.133. The summed E-state index contributed by atoms with van der Waals surface area (Å²) in [5, 5.41) is 0. The predicted molar refractivity (Wildman–Crippen MR) is 107 cm³/mol. The zero-order valence-corrected chi connectivity index (χ0v) is 17.1. The molecule has 2 aliphatic carbocycles. The number of carbonyl (C=O) groups excluding carboxylic acids is 1. The number of benzene rings is 1. The van der Waals surface area contributed by atoms with E-state index in [-0.39, 0.29) is 5.91 Å². The molecule has 0 aliphatic heterocycles. The van der Waals surface area contributed by atoms with Crippen molar-refractivity contribution in [2.75, 3.05) is 34.7 Å². The summed E-state index contributed by atoms with van der Waals surface area (Å²) in [5.74, 6) is 1.88. The molecule has 4 heteroatoms. The third kappa shape index (κ3) is 4.47. The van der Waals surface area contributed by atoms with Crippen molar-refractivity contribution in [3.05, 3.63) is 35.4 Å². The van der Waals surface area contributed by atoms with Crippen LogP contribution in [0.25, 0.3) is 0 Å². The van der Waals surface area contributed by atoms with Crippen molar-refractivity contribution in [1.82, 2.24) is 14.7 Å². The summed E-state index contributed by atoms with van der Waals surface area (Å²) in [6, 6.07) is 9.75. The molecule has 0 heterocycles. The number of fused-ring (bicyclic) bond motifs is 1. The van der Waals surface area contributed by atoms with Gasteiger partial charge in [0.05, 0.1) is 6.54 Å². The molecule has 2 saturated carbocycles. The van der Waals surface area contributed by atoms with E-state index in [2.05, 4.69) is 55.1 Å². The molecule has 2 unspecified atom stereocenters. The molecule has 1 aromatic carbocycles. The minimum atomic E-state index is 0.258. The molecular formula is C22H35N3O. The van der Waals surface area contributed by atoms with Crippen molar-refractivity contribution in [3.8, 4) is 0 Å². The van der Waals surface area contributed by atoms with Crippen LogP contribution < -0.4 is 0 Å². The fourth-order valence-corrected chi connectivity index (χ4v) is 4.90. The van der Waals surface area contributed by atoms with Gasteiger partial charge in [0.2, 0.25) is 5.91 Å². The fraction of sp³-hybridized carbons (Fsp3) is 0.682. The SMILES string of the molecule is Cc1ccc(CN(C)CC(=O)N(C)C2C[C@H]3CC(N(C)C)C[C@H]3C2)cc1. The molecule has 0 radical (unpaired) electrons. The quantitative estimate of drug-likeness (QED) is 0.783. The Morgan fingerprint density at radius 2 is 1.46 bits per heavy atom. The summed E-state index contributed by atoms with van der Waals surface area (Å²) >= 11 is 0. The van der Waals surface area contributed by atoms with E-state index in [4.69, 9.17) is 0 Å². The van der Waals surface area contributed by atoms with Gasteiger partial charge in [-0.1, -0.05) is 29.8 Å². The third-order valence-electron chi connectivity index (χ3n) is 6.62. The minimum absolute atomic E-state index is 0.258. The van der Waals surface area contributed by atoms with E-state index in [0.29, 0.717) is 12.6 Å². The van der Waals surface area contributed by atoms with Crippen LogP contribution in [0.1, 0.15) is 36.8 Å². The molecule has 0 aromatic heterocycles. The van der Waals surface area contributed by atoms with Gasteiger partial charge in [-0.3, -0.25) is 9.69 Å². The Bertz CT molecular complexity index is 598. The van der Waals surface area contributed by atoms with Crippen molar-refractivity contribution >= 4 is 5.91 Å². The van der Waals surface area contributed by atoms with E-state index in [1.54, 1.807) is 0 Å². The lowest BCUT2D eigenvalue weighted by atomic mass is 10.0. The van der Waals surface area contributed by atoms with Crippen LogP contribution in [0.3, 0.4) is 0 Å². The Labute approximate surface area is 159 Å². The van der Waals surface area contributed by atoms with E-state index in [0.717, 1.165) is 24.4 Å². The van der Waals surface area contributed by atoms with Gasteiger partial charge in [0, 0.05) is 25.7 Å². The van der Waals surface area contributed by atoms with E-state index in [1.807, 2.05) is 19.0 Å². The molecule has 0 N–H and O–H groups in total. The molecule has 26 heavy (non-hydrogen) atoms. The molecule has 3 rings (SSSR count). The number of rotatable bonds is 6. The van der Waals surface area contributed by atoms with Crippen LogP contribution in [0, 0.1) is 18.8 Å². The summed E-state index contributed by atoms with van der Waals surface area (Å²) in [6.07, 6.45) is 5.00. The summed E-state index contributed by atoms with van der Waals surface area (Å²) < 4.78 is 0. The molecule has 0 spiro atoms. The molecule has 0 bridgehead atoms. The maximum atomic E-state index is 12.8. The van der Waals surface area contributed by atoms with E-state index in [9.17, 15) is 4.79 Å². The molecular weight excluding hydrogens is 322 g/mol. The van der Waals surface area contributed by atoms with Gasteiger partial charge in [-0.15, -0.1) is 0 Å². The standard InChI is InChI=1S/C22H35N3O/c1-16-6-8-17(9-7-16)14-24(4)15-22(26)25(5)21-12-18-10-20(23(2)3)11-19(18)13-21/h6-9,18-21H,10-15H2,1-5H3/t18-,19+,20?,21?. The summed E-state index contributed by atoms with van der Waals surface area (Å²) in [5.41, 5.74) is 2.54. The van der Waals surface area contributed by atoms with Gasteiger partial charge in [0.1, 0.15) is 0 Å². The molecule has 1 amide bonds. The van der Waals surface area contributed by atoms with Gasteiger partial charge in [0.15, 0.2) is 0 Å². The van der Waals surface area contributed by atoms with E-state index >= 15 is 0 Å². The summed E-state index contributed by atoms with van der Waals surface area (Å²) in [4.78, 5) is 19.3. The first-order valence-electron chi connectivity index (χ1n) is 9.99. The zero-order valence-electron chi connectivity index (χ0n) is 17.1. The van der Waals surface area contributed by atoms with Crippen LogP contribution in [0.2, 0.25) is 0 Å². The number of hydrogen-bond acceptors (Lipinski definition) is 3. The smallest absolute Gasteiger partial charge is 0.236 e. The van der Waals surface area contributed by atoms with Gasteiger partial charge in [0.25, 0.3) is 0 Å². The maximum absolute atomic E-state index is 12.8. The fourth-order valence-electron chi connectivity index (χ4n) is 4.90. The van der Waals surface area contributed by atoms with Gasteiger partial charge in [-0.25, -0.2) is 0 Å². The zero-order chi connectivity index (χ0) is 18.8. The van der Waals surface area contributed by atoms with Crippen molar-refractivity contribution in [1.29, 1.82) is 0 Å². The highest BCUT2D eigenvalue weighted by Gasteiger charge is 2.44. The van der Waals surface area contributed by atoms with E-state index < -0.39 is 0 Å². The third-order valence-corrected chi connectivity index (χ3v) is 6.62. The predicted octanol–water partition coefficient (Wildman–Crippen LogP) is 3.00. The molecule has 144 valence electrons. The van der Waals surface area contributed by atoms with Crippen LogP contribution in [-0.2, 0) is 11.3 Å². The Balaban J connectivity index is 1.47. The van der Waals surface area contributed by atoms with Crippen LogP contribution in [0.4, 0.5) is 0 Å². The molecule has 4 nitrogen and oxygen atoms in total. The minimum Gasteiger partial charge on any atom is -0.342 e. The van der Waals surface area contributed by atoms with Crippen molar-refractivity contribution in [2.45, 2.75) is 51.2 Å². The Morgan fingerprint density at radius 3 is 2.00 bits per heavy atom. The van der Waals surface area contributed by atoms with Crippen LogP contribution >= 0.6 is 0 Å². The second-order valence-corrected chi connectivity index (χ2v) is 8.90. The topological polar surface area (TPSA) is 26.8 Å². The van der Waals surface area contributed by atoms with Crippen LogP contribution in [0.5, 0.6) is 0 Å². The number of carbonyl (C=O) groups is 1. The monoisotopic (exact) mass is 357 g/mol. The number of amides is 1. The maximum Gasteiger partial charge on any atom is 0.236 e. The van der Waals surface area contributed by atoms with E-state index in [1.165, 1.54) is 36.8 Å². The molecule has 0 saturated heterocycles. The first-order valence-corrected chi connectivity index (χ1v) is 9.99. The average Bonchev–Trinajstić information content (AvgIpc) is 3.15. The second kappa shape index (κ2) is 8.10. The number of hydrogen-bond donors (Lipinski definition) is 0. The second-order valence-electron chi connectivity index (χ2n) is 8.90. The Morgan fingerprint density at radius 1 is 0.923 bits per heavy atom. The average molecular weight is 358 g/mol. The van der Waals surface area contributed by atoms with Gasteiger partial charge in [-0.2, -0.15) is 0 Å². The molecule has 2 aliphatic rings. The first-order chi connectivity index (χ1) is 12.3. The normalized spacial score (nSPS) is 28.0. The van der Waals surface area contributed by atoms with Crippen LogP contribution in [-0.4, -0.2) is 67.4 Å². The van der Waals surface area contributed by atoms with Gasteiger partial charge >= 0.3 is 0 Å². The first kappa shape index (κ1) is 19.4. The van der Waals surface area contributed by atoms with Crippen molar-refractivity contribution in [3.63, 3.8) is 0 Å². The lowest BCUT2D eigenvalue weighted by Gasteiger charge is -2.28. The van der Waals surface area contributed by atoms with Gasteiger partial charge in [-0.05, 0) is 71.1 Å². The van der Waals surface area contributed by atoms with Crippen molar-refractivity contribution in [2.24, 2.45) is 11.8 Å². The molecule has 2 fully saturated rings.